The van der Waals surface area contributed by atoms with Crippen LogP contribution in [0.15, 0.2) is 75.8 Å². The van der Waals surface area contributed by atoms with Gasteiger partial charge in [-0.2, -0.15) is 0 Å². The lowest BCUT2D eigenvalue weighted by atomic mass is 10.1. The van der Waals surface area contributed by atoms with Crippen molar-refractivity contribution in [1.82, 2.24) is 9.88 Å². The van der Waals surface area contributed by atoms with E-state index >= 15 is 0 Å². The number of nitrogens with zero attached hydrogens (tertiary/aromatic N) is 2. The van der Waals surface area contributed by atoms with Gasteiger partial charge in [0.15, 0.2) is 11.3 Å². The number of carbonyl (C=O) groups excluding carboxylic acids is 1. The van der Waals surface area contributed by atoms with Crippen LogP contribution in [-0.2, 0) is 0 Å². The second-order valence-electron chi connectivity index (χ2n) is 6.73. The van der Waals surface area contributed by atoms with Crippen molar-refractivity contribution >= 4 is 17.0 Å². The molecular formula is C22H18N2O3. The number of amides is 1. The fourth-order valence-electron chi connectivity index (χ4n) is 3.71. The van der Waals surface area contributed by atoms with Crippen molar-refractivity contribution in [3.05, 3.63) is 78.6 Å². The van der Waals surface area contributed by atoms with E-state index in [-0.39, 0.29) is 11.9 Å². The topological polar surface area (TPSA) is 59.5 Å². The summed E-state index contributed by atoms with van der Waals surface area (Å²) >= 11 is 0. The van der Waals surface area contributed by atoms with Gasteiger partial charge in [-0.3, -0.25) is 4.79 Å². The van der Waals surface area contributed by atoms with Crippen molar-refractivity contribution in [3.63, 3.8) is 0 Å². The number of furan rings is 1. The van der Waals surface area contributed by atoms with Crippen molar-refractivity contribution in [1.29, 1.82) is 0 Å². The van der Waals surface area contributed by atoms with Crippen LogP contribution in [0, 0.1) is 0 Å². The predicted molar refractivity (Wildman–Crippen MR) is 101 cm³/mol. The lowest BCUT2D eigenvalue weighted by Gasteiger charge is -2.20. The first-order valence-electron chi connectivity index (χ1n) is 9.10. The molecule has 3 heterocycles. The first-order chi connectivity index (χ1) is 13.3. The van der Waals surface area contributed by atoms with E-state index in [0.717, 1.165) is 35.1 Å². The summed E-state index contributed by atoms with van der Waals surface area (Å²) < 4.78 is 11.3. The molecule has 1 fully saturated rings. The molecule has 0 N–H and O–H groups in total. The van der Waals surface area contributed by atoms with Gasteiger partial charge in [-0.1, -0.05) is 36.4 Å². The summed E-state index contributed by atoms with van der Waals surface area (Å²) in [5, 5.41) is 0. The number of hydrogen-bond donors (Lipinski definition) is 0. The Labute approximate surface area is 156 Å². The molecule has 0 spiro atoms. The lowest BCUT2D eigenvalue weighted by molar-refractivity contribution is 0.0684. The molecule has 0 saturated carbocycles. The third kappa shape index (κ3) is 2.81. The van der Waals surface area contributed by atoms with Crippen LogP contribution in [0.3, 0.4) is 0 Å². The Morgan fingerprint density at radius 1 is 1.04 bits per heavy atom. The minimum Gasteiger partial charge on any atom is -0.459 e. The summed E-state index contributed by atoms with van der Waals surface area (Å²) in [6.45, 7) is 0.679. The van der Waals surface area contributed by atoms with E-state index in [2.05, 4.69) is 12.1 Å². The molecule has 1 aliphatic rings. The van der Waals surface area contributed by atoms with Crippen LogP contribution in [0.4, 0.5) is 0 Å². The van der Waals surface area contributed by atoms with E-state index in [1.54, 1.807) is 17.0 Å². The molecule has 1 aliphatic heterocycles. The Balaban J connectivity index is 1.48. The number of benzene rings is 2. The van der Waals surface area contributed by atoms with Gasteiger partial charge in [0.05, 0.1) is 6.26 Å². The van der Waals surface area contributed by atoms with Crippen molar-refractivity contribution < 1.29 is 13.6 Å². The van der Waals surface area contributed by atoms with Crippen LogP contribution in [0.5, 0.6) is 0 Å². The maximum Gasteiger partial charge on any atom is 0.290 e. The smallest absolute Gasteiger partial charge is 0.290 e. The van der Waals surface area contributed by atoms with Crippen molar-refractivity contribution in [2.24, 2.45) is 0 Å². The minimum absolute atomic E-state index is 0.116. The Bertz CT molecular complexity index is 1080. The summed E-state index contributed by atoms with van der Waals surface area (Å²) in [5.41, 5.74) is 3.78. The molecule has 1 saturated heterocycles. The van der Waals surface area contributed by atoms with E-state index in [1.807, 2.05) is 36.4 Å². The zero-order valence-electron chi connectivity index (χ0n) is 14.7. The lowest BCUT2D eigenvalue weighted by Crippen LogP contribution is -2.30. The molecule has 5 rings (SSSR count). The summed E-state index contributed by atoms with van der Waals surface area (Å²) in [6.07, 6.45) is 3.28. The number of carbonyl (C=O) groups is 1. The predicted octanol–water partition coefficient (Wildman–Crippen LogP) is 5.07. The molecule has 134 valence electrons. The van der Waals surface area contributed by atoms with E-state index in [0.29, 0.717) is 18.2 Å². The van der Waals surface area contributed by atoms with E-state index in [4.69, 9.17) is 13.8 Å². The highest BCUT2D eigenvalue weighted by molar-refractivity contribution is 5.92. The Kier molecular flexibility index (Phi) is 3.78. The number of aromatic nitrogens is 1. The zero-order chi connectivity index (χ0) is 18.2. The Morgan fingerprint density at radius 2 is 1.93 bits per heavy atom. The van der Waals surface area contributed by atoms with Gasteiger partial charge in [0, 0.05) is 6.54 Å². The standard InChI is InChI=1S/C22H18N2O3/c25-22(20-9-5-13-26-20)24-12-4-8-18(24)21-23-17-14-16(10-11-19(17)27-21)15-6-2-1-3-7-15/h1-3,5-7,9-11,13-14,18H,4,8,12H2. The summed E-state index contributed by atoms with van der Waals surface area (Å²) in [4.78, 5) is 19.2. The summed E-state index contributed by atoms with van der Waals surface area (Å²) in [7, 11) is 0. The van der Waals surface area contributed by atoms with Gasteiger partial charge >= 0.3 is 0 Å². The fourth-order valence-corrected chi connectivity index (χ4v) is 3.71. The normalized spacial score (nSPS) is 16.9. The third-order valence-corrected chi connectivity index (χ3v) is 5.04. The first kappa shape index (κ1) is 15.9. The van der Waals surface area contributed by atoms with Crippen LogP contribution in [0.2, 0.25) is 0 Å². The second kappa shape index (κ2) is 6.43. The van der Waals surface area contributed by atoms with Crippen molar-refractivity contribution in [2.75, 3.05) is 6.54 Å². The van der Waals surface area contributed by atoms with Gasteiger partial charge in [-0.05, 0) is 48.2 Å². The highest BCUT2D eigenvalue weighted by Crippen LogP contribution is 2.35. The maximum atomic E-state index is 12.7. The van der Waals surface area contributed by atoms with Gasteiger partial charge < -0.3 is 13.7 Å². The molecule has 0 radical (unpaired) electrons. The average molecular weight is 358 g/mol. The van der Waals surface area contributed by atoms with Crippen LogP contribution in [-0.4, -0.2) is 22.3 Å². The summed E-state index contributed by atoms with van der Waals surface area (Å²) in [6, 6.07) is 19.5. The largest absolute Gasteiger partial charge is 0.459 e. The van der Waals surface area contributed by atoms with Crippen LogP contribution in [0.25, 0.3) is 22.2 Å². The summed E-state index contributed by atoms with van der Waals surface area (Å²) in [5.74, 6) is 0.826. The number of fused-ring (bicyclic) bond motifs is 1. The van der Waals surface area contributed by atoms with E-state index in [9.17, 15) is 4.79 Å². The van der Waals surface area contributed by atoms with Gasteiger partial charge in [0.25, 0.3) is 5.91 Å². The molecule has 5 nitrogen and oxygen atoms in total. The van der Waals surface area contributed by atoms with Crippen molar-refractivity contribution in [2.45, 2.75) is 18.9 Å². The molecule has 27 heavy (non-hydrogen) atoms. The van der Waals surface area contributed by atoms with Crippen LogP contribution < -0.4 is 0 Å². The number of likely N-dealkylation sites (tertiary alicyclic amines) is 1. The van der Waals surface area contributed by atoms with Gasteiger partial charge in [0.2, 0.25) is 5.89 Å². The van der Waals surface area contributed by atoms with E-state index < -0.39 is 0 Å². The quantitative estimate of drug-likeness (QED) is 0.513. The van der Waals surface area contributed by atoms with Gasteiger partial charge in [-0.25, -0.2) is 4.98 Å². The molecule has 0 bridgehead atoms. The highest BCUT2D eigenvalue weighted by atomic mass is 16.4. The van der Waals surface area contributed by atoms with Gasteiger partial charge in [-0.15, -0.1) is 0 Å². The molecule has 4 aromatic rings. The number of rotatable bonds is 3. The second-order valence-corrected chi connectivity index (χ2v) is 6.73. The molecule has 5 heteroatoms. The molecule has 0 aliphatic carbocycles. The third-order valence-electron chi connectivity index (χ3n) is 5.04. The Hall–Kier alpha value is -3.34. The number of hydrogen-bond acceptors (Lipinski definition) is 4. The van der Waals surface area contributed by atoms with Crippen LogP contribution in [0.1, 0.15) is 35.3 Å². The zero-order valence-corrected chi connectivity index (χ0v) is 14.7. The fraction of sp³-hybridized carbons (Fsp3) is 0.182. The maximum absolute atomic E-state index is 12.7. The molecular weight excluding hydrogens is 340 g/mol. The number of oxazole rings is 1. The monoisotopic (exact) mass is 358 g/mol. The van der Waals surface area contributed by atoms with Gasteiger partial charge in [0.1, 0.15) is 11.6 Å². The SMILES string of the molecule is O=C(c1ccco1)N1CCCC1c1nc2cc(-c3ccccc3)ccc2o1. The average Bonchev–Trinajstić information content (AvgIpc) is 3.47. The highest BCUT2D eigenvalue weighted by Gasteiger charge is 2.35. The first-order valence-corrected chi connectivity index (χ1v) is 9.10. The molecule has 2 aromatic heterocycles. The van der Waals surface area contributed by atoms with E-state index in [1.165, 1.54) is 6.26 Å². The molecule has 1 atom stereocenters. The Morgan fingerprint density at radius 3 is 2.74 bits per heavy atom. The minimum atomic E-state index is -0.157. The van der Waals surface area contributed by atoms with Crippen LogP contribution >= 0.6 is 0 Å². The molecule has 1 unspecified atom stereocenters. The molecule has 2 aromatic carbocycles. The molecule has 1 amide bonds. The van der Waals surface area contributed by atoms with Crippen molar-refractivity contribution in [3.8, 4) is 11.1 Å².